The zero-order valence-corrected chi connectivity index (χ0v) is 10.7. The molecule has 0 aliphatic carbocycles. The highest BCUT2D eigenvalue weighted by atomic mass is 35.5. The van der Waals surface area contributed by atoms with Gasteiger partial charge in [0.25, 0.3) is 0 Å². The number of carboxylic acids is 1. The average molecular weight is 268 g/mol. The minimum Gasteiger partial charge on any atom is -0.481 e. The van der Waals surface area contributed by atoms with Crippen molar-refractivity contribution in [2.45, 2.75) is 13.3 Å². The number of hydrogen-bond donors (Lipinski definition) is 1. The first-order chi connectivity index (χ1) is 8.06. The van der Waals surface area contributed by atoms with Gasteiger partial charge in [-0.2, -0.15) is 0 Å². The molecule has 1 N–H and O–H groups in total. The lowest BCUT2D eigenvalue weighted by Gasteiger charge is -2.00. The van der Waals surface area contributed by atoms with E-state index in [0.717, 1.165) is 21.8 Å². The number of rotatable bonds is 3. The maximum Gasteiger partial charge on any atom is 0.310 e. The SMILES string of the molecule is Cc1cc(-c2csc(CC(=O)O)n2)ccc1Cl. The summed E-state index contributed by atoms with van der Waals surface area (Å²) in [6.07, 6.45) is -0.0305. The molecule has 2 aromatic rings. The molecule has 3 nitrogen and oxygen atoms in total. The molecule has 0 saturated carbocycles. The van der Waals surface area contributed by atoms with Gasteiger partial charge in [-0.05, 0) is 24.6 Å². The molecule has 0 unspecified atom stereocenters. The number of halogens is 1. The molecule has 0 saturated heterocycles. The van der Waals surface area contributed by atoms with Crippen molar-refractivity contribution >= 4 is 28.9 Å². The third kappa shape index (κ3) is 2.84. The number of benzene rings is 1. The Morgan fingerprint density at radius 3 is 2.94 bits per heavy atom. The van der Waals surface area contributed by atoms with Gasteiger partial charge in [0.2, 0.25) is 0 Å². The third-order valence-corrected chi connectivity index (χ3v) is 3.58. The normalized spacial score (nSPS) is 10.5. The molecule has 17 heavy (non-hydrogen) atoms. The number of aryl methyl sites for hydroxylation is 1. The quantitative estimate of drug-likeness (QED) is 0.927. The Bertz CT molecular complexity index is 565. The predicted molar refractivity (Wildman–Crippen MR) is 68.6 cm³/mol. The van der Waals surface area contributed by atoms with Crippen molar-refractivity contribution in [3.05, 3.63) is 39.2 Å². The van der Waals surface area contributed by atoms with Gasteiger partial charge in [0.1, 0.15) is 5.01 Å². The van der Waals surface area contributed by atoms with Gasteiger partial charge in [-0.1, -0.05) is 17.7 Å². The Hall–Kier alpha value is -1.39. The number of carbonyl (C=O) groups is 1. The molecule has 0 atom stereocenters. The molecule has 0 radical (unpaired) electrons. The number of aromatic nitrogens is 1. The van der Waals surface area contributed by atoms with Crippen LogP contribution in [0.4, 0.5) is 0 Å². The molecular formula is C12H10ClNO2S. The molecule has 0 aliphatic rings. The van der Waals surface area contributed by atoms with Gasteiger partial charge < -0.3 is 5.11 Å². The van der Waals surface area contributed by atoms with Crippen molar-refractivity contribution in [1.82, 2.24) is 4.98 Å². The van der Waals surface area contributed by atoms with Crippen LogP contribution in [0.25, 0.3) is 11.3 Å². The number of carboxylic acid groups (broad SMARTS) is 1. The predicted octanol–water partition coefficient (Wildman–Crippen LogP) is 3.40. The molecule has 88 valence electrons. The number of thiazole rings is 1. The fourth-order valence-electron chi connectivity index (χ4n) is 1.46. The molecule has 1 heterocycles. The maximum absolute atomic E-state index is 10.6. The topological polar surface area (TPSA) is 50.2 Å². The van der Waals surface area contributed by atoms with E-state index >= 15 is 0 Å². The average Bonchev–Trinajstić information content (AvgIpc) is 2.69. The van der Waals surface area contributed by atoms with E-state index in [0.29, 0.717) is 5.01 Å². The van der Waals surface area contributed by atoms with Crippen LogP contribution in [-0.2, 0) is 11.2 Å². The largest absolute Gasteiger partial charge is 0.481 e. The monoisotopic (exact) mass is 267 g/mol. The highest BCUT2D eigenvalue weighted by Gasteiger charge is 2.08. The Morgan fingerprint density at radius 2 is 2.29 bits per heavy atom. The van der Waals surface area contributed by atoms with Gasteiger partial charge in [-0.25, -0.2) is 4.98 Å². The molecule has 0 aliphatic heterocycles. The van der Waals surface area contributed by atoms with Crippen LogP contribution in [0, 0.1) is 6.92 Å². The molecule has 1 aromatic heterocycles. The number of nitrogens with zero attached hydrogens (tertiary/aromatic N) is 1. The van der Waals surface area contributed by atoms with Gasteiger partial charge in [0.15, 0.2) is 0 Å². The number of aliphatic carboxylic acids is 1. The van der Waals surface area contributed by atoms with E-state index in [2.05, 4.69) is 4.98 Å². The summed E-state index contributed by atoms with van der Waals surface area (Å²) in [6.45, 7) is 1.93. The second-order valence-electron chi connectivity index (χ2n) is 3.66. The Balaban J connectivity index is 2.30. The molecule has 5 heteroatoms. The van der Waals surface area contributed by atoms with E-state index in [-0.39, 0.29) is 6.42 Å². The van der Waals surface area contributed by atoms with Gasteiger partial charge in [-0.15, -0.1) is 11.3 Å². The summed E-state index contributed by atoms with van der Waals surface area (Å²) >= 11 is 7.30. The van der Waals surface area contributed by atoms with Crippen LogP contribution >= 0.6 is 22.9 Å². The van der Waals surface area contributed by atoms with Gasteiger partial charge >= 0.3 is 5.97 Å². The van der Waals surface area contributed by atoms with Gasteiger partial charge in [0, 0.05) is 16.0 Å². The van der Waals surface area contributed by atoms with E-state index in [1.807, 2.05) is 30.5 Å². The van der Waals surface area contributed by atoms with Crippen molar-refractivity contribution in [1.29, 1.82) is 0 Å². The van der Waals surface area contributed by atoms with Crippen molar-refractivity contribution in [2.75, 3.05) is 0 Å². The second-order valence-corrected chi connectivity index (χ2v) is 5.01. The summed E-state index contributed by atoms with van der Waals surface area (Å²) in [6, 6.07) is 5.65. The molecule has 0 fully saturated rings. The molecule has 0 amide bonds. The van der Waals surface area contributed by atoms with Crippen LogP contribution in [0.15, 0.2) is 23.6 Å². The van der Waals surface area contributed by atoms with Crippen LogP contribution < -0.4 is 0 Å². The fourth-order valence-corrected chi connectivity index (χ4v) is 2.37. The lowest BCUT2D eigenvalue weighted by atomic mass is 10.1. The Labute approximate surface area is 108 Å². The van der Waals surface area contributed by atoms with Crippen molar-refractivity contribution in [3.63, 3.8) is 0 Å². The van der Waals surface area contributed by atoms with E-state index in [9.17, 15) is 4.79 Å². The minimum atomic E-state index is -0.863. The highest BCUT2D eigenvalue weighted by molar-refractivity contribution is 7.10. The summed E-state index contributed by atoms with van der Waals surface area (Å²) in [4.78, 5) is 14.8. The summed E-state index contributed by atoms with van der Waals surface area (Å²) in [5.74, 6) is -0.863. The zero-order chi connectivity index (χ0) is 12.4. The van der Waals surface area contributed by atoms with E-state index < -0.39 is 5.97 Å². The van der Waals surface area contributed by atoms with Gasteiger partial charge in [0.05, 0.1) is 12.1 Å². The van der Waals surface area contributed by atoms with E-state index in [1.54, 1.807) is 0 Å². The fraction of sp³-hybridized carbons (Fsp3) is 0.167. The lowest BCUT2D eigenvalue weighted by molar-refractivity contribution is -0.136. The van der Waals surface area contributed by atoms with Crippen LogP contribution in [-0.4, -0.2) is 16.1 Å². The van der Waals surface area contributed by atoms with Crippen molar-refractivity contribution < 1.29 is 9.90 Å². The Morgan fingerprint density at radius 1 is 1.53 bits per heavy atom. The maximum atomic E-state index is 10.6. The smallest absolute Gasteiger partial charge is 0.310 e. The second kappa shape index (κ2) is 4.85. The highest BCUT2D eigenvalue weighted by Crippen LogP contribution is 2.26. The van der Waals surface area contributed by atoms with E-state index in [4.69, 9.17) is 16.7 Å². The lowest BCUT2D eigenvalue weighted by Crippen LogP contribution is -1.99. The van der Waals surface area contributed by atoms with Crippen molar-refractivity contribution in [2.24, 2.45) is 0 Å². The zero-order valence-electron chi connectivity index (χ0n) is 9.11. The minimum absolute atomic E-state index is 0.0305. The van der Waals surface area contributed by atoms with Crippen LogP contribution in [0.1, 0.15) is 10.6 Å². The van der Waals surface area contributed by atoms with Gasteiger partial charge in [-0.3, -0.25) is 4.79 Å². The molecule has 2 rings (SSSR count). The van der Waals surface area contributed by atoms with Crippen LogP contribution in [0.3, 0.4) is 0 Å². The summed E-state index contributed by atoms with van der Waals surface area (Å²) in [5.41, 5.74) is 2.74. The first-order valence-corrected chi connectivity index (χ1v) is 6.25. The molecule has 0 bridgehead atoms. The Kier molecular flexibility index (Phi) is 3.45. The standard InChI is InChI=1S/C12H10ClNO2S/c1-7-4-8(2-3-9(7)13)10-6-17-11(14-10)5-12(15)16/h2-4,6H,5H2,1H3,(H,15,16). The molecule has 1 aromatic carbocycles. The molecule has 0 spiro atoms. The number of hydrogen-bond acceptors (Lipinski definition) is 3. The van der Waals surface area contributed by atoms with Crippen LogP contribution in [0.2, 0.25) is 5.02 Å². The summed E-state index contributed by atoms with van der Waals surface area (Å²) in [5, 5.41) is 11.9. The first-order valence-electron chi connectivity index (χ1n) is 4.99. The third-order valence-electron chi connectivity index (χ3n) is 2.31. The summed E-state index contributed by atoms with van der Waals surface area (Å²) in [7, 11) is 0. The van der Waals surface area contributed by atoms with Crippen molar-refractivity contribution in [3.8, 4) is 11.3 Å². The first kappa shape index (κ1) is 12.1. The summed E-state index contributed by atoms with van der Waals surface area (Å²) < 4.78 is 0. The van der Waals surface area contributed by atoms with E-state index in [1.165, 1.54) is 11.3 Å². The van der Waals surface area contributed by atoms with Crippen LogP contribution in [0.5, 0.6) is 0 Å². The molecular weight excluding hydrogens is 258 g/mol.